The van der Waals surface area contributed by atoms with E-state index in [0.29, 0.717) is 18.7 Å². The van der Waals surface area contributed by atoms with Crippen molar-refractivity contribution in [2.75, 3.05) is 25.1 Å². The van der Waals surface area contributed by atoms with Crippen molar-refractivity contribution in [3.05, 3.63) is 48.3 Å². The number of hydrogen-bond donors (Lipinski definition) is 0. The molecule has 0 saturated carbocycles. The summed E-state index contributed by atoms with van der Waals surface area (Å²) in [5.74, 6) is 1.53. The van der Waals surface area contributed by atoms with Gasteiger partial charge in [0.05, 0.1) is 13.2 Å². The Kier molecular flexibility index (Phi) is 4.19. The summed E-state index contributed by atoms with van der Waals surface area (Å²) in [7, 11) is 1.60. The molecule has 4 heterocycles. The Morgan fingerprint density at radius 3 is 2.68 bits per heavy atom. The monoisotopic (exact) mass is 380 g/mol. The molecule has 1 aromatic heterocycles. The number of carbonyl (C=O) groups is 1. The van der Waals surface area contributed by atoms with E-state index < -0.39 is 5.60 Å². The van der Waals surface area contributed by atoms with E-state index in [4.69, 9.17) is 9.47 Å². The van der Waals surface area contributed by atoms with E-state index >= 15 is 0 Å². The minimum absolute atomic E-state index is 0.0941. The largest absolute Gasteiger partial charge is 0.481 e. The second-order valence-corrected chi connectivity index (χ2v) is 7.69. The topological polar surface area (TPSA) is 67.8 Å². The number of rotatable bonds is 3. The van der Waals surface area contributed by atoms with Gasteiger partial charge in [-0.25, -0.2) is 9.97 Å². The third-order valence-electron chi connectivity index (χ3n) is 6.24. The number of amides is 1. The molecule has 2 aromatic rings. The molecule has 7 heteroatoms. The average molecular weight is 380 g/mol. The molecule has 28 heavy (non-hydrogen) atoms. The molecular formula is C21H24N4O3. The number of piperidine rings is 1. The van der Waals surface area contributed by atoms with Gasteiger partial charge in [0.15, 0.2) is 5.60 Å². The van der Waals surface area contributed by atoms with Gasteiger partial charge in [0.1, 0.15) is 18.4 Å². The Morgan fingerprint density at radius 2 is 1.93 bits per heavy atom. The second kappa shape index (κ2) is 6.74. The summed E-state index contributed by atoms with van der Waals surface area (Å²) in [6.07, 6.45) is 4.63. The summed E-state index contributed by atoms with van der Waals surface area (Å²) in [5.41, 5.74) is 0.510. The first-order chi connectivity index (χ1) is 13.7. The molecule has 0 aliphatic carbocycles. The first kappa shape index (κ1) is 17.4. The minimum Gasteiger partial charge on any atom is -0.481 e. The number of hydrogen-bond acceptors (Lipinski definition) is 6. The summed E-state index contributed by atoms with van der Waals surface area (Å²) in [6.45, 7) is 1.45. The van der Waals surface area contributed by atoms with Crippen LogP contribution in [-0.2, 0) is 9.53 Å². The highest BCUT2D eigenvalue weighted by Gasteiger charge is 2.57. The van der Waals surface area contributed by atoms with Gasteiger partial charge in [-0.2, -0.15) is 0 Å². The molecule has 3 aliphatic rings. The molecule has 146 valence electrons. The minimum atomic E-state index is -0.689. The van der Waals surface area contributed by atoms with Gasteiger partial charge in [0.25, 0.3) is 5.91 Å². The number of aromatic nitrogens is 2. The zero-order valence-electron chi connectivity index (χ0n) is 16.0. The van der Waals surface area contributed by atoms with Crippen LogP contribution in [0.15, 0.2) is 42.7 Å². The predicted octanol–water partition coefficient (Wildman–Crippen LogP) is 2.54. The summed E-state index contributed by atoms with van der Waals surface area (Å²) in [6, 6.07) is 12.3. The van der Waals surface area contributed by atoms with Crippen LogP contribution in [0.5, 0.6) is 5.88 Å². The highest BCUT2D eigenvalue weighted by atomic mass is 16.6. The average Bonchev–Trinajstić information content (AvgIpc) is 3.27. The Balaban J connectivity index is 1.32. The third kappa shape index (κ3) is 2.73. The summed E-state index contributed by atoms with van der Waals surface area (Å²) >= 11 is 0. The van der Waals surface area contributed by atoms with Crippen LogP contribution < -0.4 is 9.64 Å². The molecule has 1 spiro atoms. The number of carbonyl (C=O) groups excluding carboxylic acids is 1. The first-order valence-electron chi connectivity index (χ1n) is 9.87. The number of ether oxygens (including phenoxy) is 2. The Morgan fingerprint density at radius 1 is 1.14 bits per heavy atom. The van der Waals surface area contributed by atoms with Crippen LogP contribution in [0, 0.1) is 0 Å². The lowest BCUT2D eigenvalue weighted by molar-refractivity contribution is -0.140. The molecule has 0 unspecified atom stereocenters. The Bertz CT molecular complexity index is 867. The van der Waals surface area contributed by atoms with Gasteiger partial charge in [0, 0.05) is 32.0 Å². The molecule has 3 saturated heterocycles. The summed E-state index contributed by atoms with van der Waals surface area (Å²) in [4.78, 5) is 26.0. The lowest BCUT2D eigenvalue weighted by Gasteiger charge is -2.38. The second-order valence-electron chi connectivity index (χ2n) is 7.69. The molecule has 3 aliphatic heterocycles. The van der Waals surface area contributed by atoms with Crippen LogP contribution in [0.1, 0.15) is 37.3 Å². The van der Waals surface area contributed by atoms with Crippen LogP contribution in [0.3, 0.4) is 0 Å². The number of methoxy groups -OCH3 is 1. The molecule has 5 rings (SSSR count). The van der Waals surface area contributed by atoms with Crippen LogP contribution in [0.25, 0.3) is 0 Å². The summed E-state index contributed by atoms with van der Waals surface area (Å²) in [5, 5.41) is 0. The molecule has 0 radical (unpaired) electrons. The molecule has 0 bridgehead atoms. The van der Waals surface area contributed by atoms with Gasteiger partial charge in [-0.05, 0) is 18.4 Å². The van der Waals surface area contributed by atoms with Crippen LogP contribution >= 0.6 is 0 Å². The van der Waals surface area contributed by atoms with E-state index in [9.17, 15) is 4.79 Å². The maximum absolute atomic E-state index is 13.4. The molecule has 7 nitrogen and oxygen atoms in total. The van der Waals surface area contributed by atoms with Crippen molar-refractivity contribution in [1.29, 1.82) is 0 Å². The van der Waals surface area contributed by atoms with Crippen LogP contribution in [0.2, 0.25) is 0 Å². The van der Waals surface area contributed by atoms with Crippen molar-refractivity contribution < 1.29 is 14.3 Å². The van der Waals surface area contributed by atoms with E-state index in [1.807, 2.05) is 29.2 Å². The van der Waals surface area contributed by atoms with E-state index in [-0.39, 0.29) is 18.2 Å². The van der Waals surface area contributed by atoms with E-state index in [1.54, 1.807) is 7.11 Å². The van der Waals surface area contributed by atoms with Crippen molar-refractivity contribution in [2.45, 2.75) is 43.6 Å². The molecule has 3 fully saturated rings. The van der Waals surface area contributed by atoms with E-state index in [1.165, 1.54) is 11.9 Å². The van der Waals surface area contributed by atoms with Crippen molar-refractivity contribution in [1.82, 2.24) is 14.9 Å². The zero-order valence-corrected chi connectivity index (χ0v) is 16.0. The number of nitrogens with zero attached hydrogens (tertiary/aromatic N) is 4. The quantitative estimate of drug-likeness (QED) is 0.815. The third-order valence-corrected chi connectivity index (χ3v) is 6.24. The molecule has 1 aromatic carbocycles. The normalized spacial score (nSPS) is 26.0. The van der Waals surface area contributed by atoms with Crippen LogP contribution in [0.4, 0.5) is 5.82 Å². The molecule has 0 N–H and O–H groups in total. The maximum Gasteiger partial charge on any atom is 0.257 e. The van der Waals surface area contributed by atoms with Crippen molar-refractivity contribution in [3.8, 4) is 5.88 Å². The smallest absolute Gasteiger partial charge is 0.257 e. The standard InChI is InChI=1S/C21H24N4O3/c1-27-18-13-17(22-14-23-18)24-11-9-21(10-12-24)20(26)25-16(7-8-19(25)28-21)15-5-3-2-4-6-15/h2-6,13-14,16,19H,7-12H2,1H3/t16-,19+/m0/s1. The maximum atomic E-state index is 13.4. The number of benzene rings is 1. The fourth-order valence-electron chi connectivity index (χ4n) is 4.76. The highest BCUT2D eigenvalue weighted by Crippen LogP contribution is 2.47. The highest BCUT2D eigenvalue weighted by molar-refractivity contribution is 5.88. The number of fused-ring (bicyclic) bond motifs is 1. The lowest BCUT2D eigenvalue weighted by atomic mass is 9.89. The zero-order chi connectivity index (χ0) is 19.1. The lowest BCUT2D eigenvalue weighted by Crippen LogP contribution is -2.50. The van der Waals surface area contributed by atoms with Crippen molar-refractivity contribution in [3.63, 3.8) is 0 Å². The SMILES string of the molecule is COc1cc(N2CCC3(CC2)O[C@@H]2CC[C@@H](c4ccccc4)N2C3=O)ncn1. The van der Waals surface area contributed by atoms with Gasteiger partial charge in [0.2, 0.25) is 5.88 Å². The fourth-order valence-corrected chi connectivity index (χ4v) is 4.76. The van der Waals surface area contributed by atoms with Gasteiger partial charge in [-0.1, -0.05) is 30.3 Å². The Labute approximate surface area is 164 Å². The molecule has 2 atom stereocenters. The molecule has 1 amide bonds. The van der Waals surface area contributed by atoms with E-state index in [0.717, 1.165) is 31.7 Å². The van der Waals surface area contributed by atoms with Crippen molar-refractivity contribution >= 4 is 11.7 Å². The Hall–Kier alpha value is -2.67. The van der Waals surface area contributed by atoms with Gasteiger partial charge < -0.3 is 19.3 Å². The van der Waals surface area contributed by atoms with Gasteiger partial charge in [-0.3, -0.25) is 4.79 Å². The summed E-state index contributed by atoms with van der Waals surface area (Å²) < 4.78 is 11.6. The number of anilines is 1. The molecular weight excluding hydrogens is 356 g/mol. The van der Waals surface area contributed by atoms with Crippen LogP contribution in [-0.4, -0.2) is 52.8 Å². The van der Waals surface area contributed by atoms with Gasteiger partial charge >= 0.3 is 0 Å². The first-order valence-corrected chi connectivity index (χ1v) is 9.87. The van der Waals surface area contributed by atoms with E-state index in [2.05, 4.69) is 27.0 Å². The predicted molar refractivity (Wildman–Crippen MR) is 103 cm³/mol. The van der Waals surface area contributed by atoms with Crippen molar-refractivity contribution in [2.24, 2.45) is 0 Å². The van der Waals surface area contributed by atoms with Gasteiger partial charge in [-0.15, -0.1) is 0 Å². The fraction of sp³-hybridized carbons (Fsp3) is 0.476.